The fourth-order valence-electron chi connectivity index (χ4n) is 1.60. The third kappa shape index (κ3) is 2.82. The first-order valence-corrected chi connectivity index (χ1v) is 5.68. The summed E-state index contributed by atoms with van der Waals surface area (Å²) in [4.78, 5) is 18.8. The molecule has 0 aliphatic carbocycles. The SMILES string of the molecule is COc1cc(Nc2ncc(C(=O)O)c(C)n2)ccc1F. The molecule has 1 aromatic heterocycles. The summed E-state index contributed by atoms with van der Waals surface area (Å²) in [5.41, 5.74) is 0.905. The number of hydrogen-bond donors (Lipinski definition) is 2. The highest BCUT2D eigenvalue weighted by atomic mass is 19.1. The molecule has 2 rings (SSSR count). The van der Waals surface area contributed by atoms with Crippen LogP contribution >= 0.6 is 0 Å². The largest absolute Gasteiger partial charge is 0.494 e. The van der Waals surface area contributed by atoms with Crippen LogP contribution in [0.1, 0.15) is 16.1 Å². The van der Waals surface area contributed by atoms with Gasteiger partial charge in [0.25, 0.3) is 0 Å². The number of carbonyl (C=O) groups is 1. The summed E-state index contributed by atoms with van der Waals surface area (Å²) in [5, 5.41) is 11.7. The van der Waals surface area contributed by atoms with E-state index in [1.807, 2.05) is 0 Å². The highest BCUT2D eigenvalue weighted by molar-refractivity contribution is 5.88. The number of ether oxygens (including phenoxy) is 1. The monoisotopic (exact) mass is 277 g/mol. The van der Waals surface area contributed by atoms with Crippen LogP contribution in [0.5, 0.6) is 5.75 Å². The van der Waals surface area contributed by atoms with Gasteiger partial charge in [0.1, 0.15) is 0 Å². The lowest BCUT2D eigenvalue weighted by Gasteiger charge is -2.08. The topological polar surface area (TPSA) is 84.3 Å². The number of nitrogens with zero attached hydrogens (tertiary/aromatic N) is 2. The van der Waals surface area contributed by atoms with Gasteiger partial charge in [0.2, 0.25) is 5.95 Å². The minimum atomic E-state index is -1.09. The Morgan fingerprint density at radius 2 is 2.20 bits per heavy atom. The van der Waals surface area contributed by atoms with E-state index in [9.17, 15) is 9.18 Å². The lowest BCUT2D eigenvalue weighted by atomic mass is 10.2. The molecule has 0 aliphatic heterocycles. The molecule has 2 N–H and O–H groups in total. The van der Waals surface area contributed by atoms with Crippen molar-refractivity contribution in [1.82, 2.24) is 9.97 Å². The van der Waals surface area contributed by atoms with Crippen molar-refractivity contribution in [3.63, 3.8) is 0 Å². The average molecular weight is 277 g/mol. The summed E-state index contributed by atoms with van der Waals surface area (Å²) < 4.78 is 18.1. The van der Waals surface area contributed by atoms with Crippen molar-refractivity contribution >= 4 is 17.6 Å². The van der Waals surface area contributed by atoms with Gasteiger partial charge < -0.3 is 15.2 Å². The van der Waals surface area contributed by atoms with E-state index in [0.29, 0.717) is 11.4 Å². The number of halogens is 1. The van der Waals surface area contributed by atoms with Gasteiger partial charge in [0.15, 0.2) is 11.6 Å². The average Bonchev–Trinajstić information content (AvgIpc) is 2.40. The third-order valence-electron chi connectivity index (χ3n) is 2.62. The van der Waals surface area contributed by atoms with E-state index < -0.39 is 11.8 Å². The Morgan fingerprint density at radius 3 is 2.80 bits per heavy atom. The zero-order valence-electron chi connectivity index (χ0n) is 10.8. The predicted molar refractivity (Wildman–Crippen MR) is 70.0 cm³/mol. The van der Waals surface area contributed by atoms with Gasteiger partial charge in [-0.1, -0.05) is 0 Å². The maximum Gasteiger partial charge on any atom is 0.339 e. The molecule has 104 valence electrons. The van der Waals surface area contributed by atoms with Crippen LogP contribution in [-0.4, -0.2) is 28.2 Å². The first-order valence-electron chi connectivity index (χ1n) is 5.68. The van der Waals surface area contributed by atoms with Crippen molar-refractivity contribution < 1.29 is 19.0 Å². The molecule has 1 aromatic carbocycles. The number of carboxylic acid groups (broad SMARTS) is 1. The molecule has 0 bridgehead atoms. The quantitative estimate of drug-likeness (QED) is 0.892. The fourth-order valence-corrected chi connectivity index (χ4v) is 1.60. The summed E-state index contributed by atoms with van der Waals surface area (Å²) in [7, 11) is 1.37. The Bertz CT molecular complexity index is 661. The third-order valence-corrected chi connectivity index (χ3v) is 2.62. The van der Waals surface area contributed by atoms with Crippen molar-refractivity contribution in [2.24, 2.45) is 0 Å². The van der Waals surface area contributed by atoms with Crippen LogP contribution in [-0.2, 0) is 0 Å². The van der Waals surface area contributed by atoms with Crippen molar-refractivity contribution in [3.8, 4) is 5.75 Å². The molecule has 0 unspecified atom stereocenters. The molecule has 0 atom stereocenters. The zero-order chi connectivity index (χ0) is 14.7. The molecule has 0 amide bonds. The summed E-state index contributed by atoms with van der Waals surface area (Å²) in [5.74, 6) is -1.25. The second-order valence-corrected chi connectivity index (χ2v) is 3.97. The maximum atomic E-state index is 13.3. The van der Waals surface area contributed by atoms with Crippen molar-refractivity contribution in [3.05, 3.63) is 41.5 Å². The molecule has 20 heavy (non-hydrogen) atoms. The maximum absolute atomic E-state index is 13.3. The highest BCUT2D eigenvalue weighted by Gasteiger charge is 2.10. The standard InChI is InChI=1S/C13H12FN3O3/c1-7-9(12(18)19)6-15-13(16-7)17-8-3-4-10(14)11(5-8)20-2/h3-6H,1-2H3,(H,18,19)(H,15,16,17). The van der Waals surface area contributed by atoms with Crippen LogP contribution in [0, 0.1) is 12.7 Å². The normalized spacial score (nSPS) is 10.2. The number of anilines is 2. The fraction of sp³-hybridized carbons (Fsp3) is 0.154. The molecule has 0 radical (unpaired) electrons. The number of aromatic nitrogens is 2. The zero-order valence-corrected chi connectivity index (χ0v) is 10.8. The molecule has 1 heterocycles. The molecule has 0 fully saturated rings. The molecular weight excluding hydrogens is 265 g/mol. The van der Waals surface area contributed by atoms with Gasteiger partial charge in [-0.2, -0.15) is 0 Å². The summed E-state index contributed by atoms with van der Waals surface area (Å²) in [6, 6.07) is 4.21. The number of nitrogens with one attached hydrogen (secondary N) is 1. The second kappa shape index (κ2) is 5.52. The van der Waals surface area contributed by atoms with Crippen LogP contribution in [0.25, 0.3) is 0 Å². The Balaban J connectivity index is 2.26. The first kappa shape index (κ1) is 13.7. The van der Waals surface area contributed by atoms with Gasteiger partial charge in [-0.25, -0.2) is 19.2 Å². The number of methoxy groups -OCH3 is 1. The van der Waals surface area contributed by atoms with Gasteiger partial charge in [-0.15, -0.1) is 0 Å². The van der Waals surface area contributed by atoms with Crippen molar-refractivity contribution in [1.29, 1.82) is 0 Å². The van der Waals surface area contributed by atoms with E-state index in [0.717, 1.165) is 0 Å². The molecule has 6 nitrogen and oxygen atoms in total. The van der Waals surface area contributed by atoms with E-state index in [1.165, 1.54) is 31.5 Å². The van der Waals surface area contributed by atoms with E-state index >= 15 is 0 Å². The van der Waals surface area contributed by atoms with E-state index in [4.69, 9.17) is 9.84 Å². The van der Waals surface area contributed by atoms with Crippen LogP contribution < -0.4 is 10.1 Å². The molecule has 0 saturated carbocycles. The molecule has 0 saturated heterocycles. The lowest BCUT2D eigenvalue weighted by Crippen LogP contribution is -2.06. The molecular formula is C13H12FN3O3. The lowest BCUT2D eigenvalue weighted by molar-refractivity contribution is 0.0695. The predicted octanol–water partition coefficient (Wildman–Crippen LogP) is 2.37. The van der Waals surface area contributed by atoms with Gasteiger partial charge in [0.05, 0.1) is 18.4 Å². The molecule has 2 aromatic rings. The Kier molecular flexibility index (Phi) is 3.79. The minimum Gasteiger partial charge on any atom is -0.494 e. The number of carboxylic acids is 1. The van der Waals surface area contributed by atoms with Gasteiger partial charge in [-0.3, -0.25) is 0 Å². The van der Waals surface area contributed by atoms with Gasteiger partial charge in [0, 0.05) is 18.0 Å². The van der Waals surface area contributed by atoms with Gasteiger partial charge >= 0.3 is 5.97 Å². The van der Waals surface area contributed by atoms with E-state index in [1.54, 1.807) is 6.92 Å². The number of hydrogen-bond acceptors (Lipinski definition) is 5. The van der Waals surface area contributed by atoms with Crippen LogP contribution in [0.2, 0.25) is 0 Å². The Morgan fingerprint density at radius 1 is 1.45 bits per heavy atom. The van der Waals surface area contributed by atoms with Crippen molar-refractivity contribution in [2.45, 2.75) is 6.92 Å². The second-order valence-electron chi connectivity index (χ2n) is 3.97. The molecule has 0 aliphatic rings. The van der Waals surface area contributed by atoms with Crippen molar-refractivity contribution in [2.75, 3.05) is 12.4 Å². The Labute approximate surface area is 114 Å². The van der Waals surface area contributed by atoms with Crippen LogP contribution in [0.3, 0.4) is 0 Å². The summed E-state index contributed by atoms with van der Waals surface area (Å²) in [6.07, 6.45) is 1.22. The smallest absolute Gasteiger partial charge is 0.339 e. The number of benzene rings is 1. The molecule has 7 heteroatoms. The molecule has 0 spiro atoms. The minimum absolute atomic E-state index is 0.0345. The van der Waals surface area contributed by atoms with Crippen LogP contribution in [0.4, 0.5) is 16.0 Å². The summed E-state index contributed by atoms with van der Waals surface area (Å²) >= 11 is 0. The first-order chi connectivity index (χ1) is 9.51. The highest BCUT2D eigenvalue weighted by Crippen LogP contribution is 2.23. The van der Waals surface area contributed by atoms with Crippen LogP contribution in [0.15, 0.2) is 24.4 Å². The number of rotatable bonds is 4. The summed E-state index contributed by atoms with van der Waals surface area (Å²) in [6.45, 7) is 1.57. The van der Waals surface area contributed by atoms with E-state index in [-0.39, 0.29) is 17.3 Å². The number of aryl methyl sites for hydroxylation is 1. The Hall–Kier alpha value is -2.70. The number of aromatic carboxylic acids is 1. The van der Waals surface area contributed by atoms with E-state index in [2.05, 4.69) is 15.3 Å². The van der Waals surface area contributed by atoms with Gasteiger partial charge in [-0.05, 0) is 19.1 Å².